The number of carbonyl (C=O) groups excluding carboxylic acids is 1. The van der Waals surface area contributed by atoms with Gasteiger partial charge in [-0.05, 0) is 42.5 Å². The van der Waals surface area contributed by atoms with Crippen molar-refractivity contribution in [3.05, 3.63) is 97.7 Å². The Hall–Kier alpha value is -2.75. The van der Waals surface area contributed by atoms with Crippen molar-refractivity contribution in [2.24, 2.45) is 5.10 Å². The third-order valence-electron chi connectivity index (χ3n) is 4.46. The zero-order valence-electron chi connectivity index (χ0n) is 16.5. The number of hydrazone groups is 1. The second-order valence-corrected chi connectivity index (χ2v) is 9.34. The lowest BCUT2D eigenvalue weighted by molar-refractivity contribution is -0.118. The van der Waals surface area contributed by atoms with E-state index in [0.29, 0.717) is 21.7 Å². The van der Waals surface area contributed by atoms with Crippen LogP contribution in [0, 0.1) is 0 Å². The largest absolute Gasteiger partial charge is 0.272 e. The number of nitrogens with zero attached hydrogens (tertiary/aromatic N) is 3. The van der Waals surface area contributed by atoms with E-state index in [1.54, 1.807) is 24.4 Å². The van der Waals surface area contributed by atoms with Crippen LogP contribution in [0.3, 0.4) is 0 Å². The van der Waals surface area contributed by atoms with Crippen molar-refractivity contribution in [1.82, 2.24) is 15.0 Å². The Morgan fingerprint density at radius 2 is 1.75 bits per heavy atom. The molecule has 0 unspecified atom stereocenters. The first-order chi connectivity index (χ1) is 15.5. The first-order valence-electron chi connectivity index (χ1n) is 9.50. The summed E-state index contributed by atoms with van der Waals surface area (Å²) in [5, 5.41) is 4.96. The zero-order valence-corrected chi connectivity index (χ0v) is 20.5. The van der Waals surface area contributed by atoms with Crippen molar-refractivity contribution in [3.8, 4) is 5.69 Å². The van der Waals surface area contributed by atoms with Gasteiger partial charge in [0, 0.05) is 14.5 Å². The first kappa shape index (κ1) is 22.4. The number of nitrogens with one attached hydrogen (secondary N) is 1. The molecule has 4 rings (SSSR count). The van der Waals surface area contributed by atoms with E-state index in [9.17, 15) is 9.59 Å². The molecule has 160 valence electrons. The topological polar surface area (TPSA) is 76.3 Å². The van der Waals surface area contributed by atoms with Gasteiger partial charge in [0.05, 0.1) is 28.6 Å². The van der Waals surface area contributed by atoms with Crippen LogP contribution in [0.1, 0.15) is 5.56 Å². The molecule has 1 amide bonds. The number of aromatic nitrogens is 2. The molecule has 0 aliphatic carbocycles. The normalized spacial score (nSPS) is 11.2. The summed E-state index contributed by atoms with van der Waals surface area (Å²) in [5.74, 6) is -0.253. The van der Waals surface area contributed by atoms with E-state index < -0.39 is 0 Å². The van der Waals surface area contributed by atoms with Gasteiger partial charge in [-0.3, -0.25) is 14.2 Å². The number of rotatable bonds is 6. The van der Waals surface area contributed by atoms with Crippen molar-refractivity contribution < 1.29 is 4.79 Å². The minimum absolute atomic E-state index is 0.0502. The van der Waals surface area contributed by atoms with E-state index in [1.807, 2.05) is 54.6 Å². The van der Waals surface area contributed by atoms with Crippen LogP contribution in [-0.4, -0.2) is 27.4 Å². The molecule has 0 spiro atoms. The van der Waals surface area contributed by atoms with E-state index in [4.69, 9.17) is 0 Å². The minimum Gasteiger partial charge on any atom is -0.272 e. The van der Waals surface area contributed by atoms with Crippen LogP contribution in [0.4, 0.5) is 0 Å². The van der Waals surface area contributed by atoms with Gasteiger partial charge >= 0.3 is 0 Å². The molecule has 1 heterocycles. The smallest absolute Gasteiger partial charge is 0.266 e. The van der Waals surface area contributed by atoms with E-state index in [0.717, 1.165) is 14.5 Å². The van der Waals surface area contributed by atoms with Gasteiger partial charge in [0.25, 0.3) is 11.5 Å². The van der Waals surface area contributed by atoms with Crippen molar-refractivity contribution in [2.75, 3.05) is 5.75 Å². The molecule has 4 aromatic rings. The van der Waals surface area contributed by atoms with Gasteiger partial charge < -0.3 is 0 Å². The Labute approximate surface area is 205 Å². The van der Waals surface area contributed by atoms with E-state index in [1.165, 1.54) is 16.3 Å². The predicted molar refractivity (Wildman–Crippen MR) is 136 cm³/mol. The number of benzene rings is 3. The molecule has 0 fully saturated rings. The highest BCUT2D eigenvalue weighted by Gasteiger charge is 2.14. The minimum atomic E-state index is -0.303. The summed E-state index contributed by atoms with van der Waals surface area (Å²) in [6.07, 6.45) is 1.57. The number of para-hydroxylation sites is 1. The molecule has 6 nitrogen and oxygen atoms in total. The van der Waals surface area contributed by atoms with Crippen LogP contribution in [0.25, 0.3) is 16.6 Å². The maximum absolute atomic E-state index is 13.2. The maximum atomic E-state index is 13.2. The van der Waals surface area contributed by atoms with Gasteiger partial charge in [0.15, 0.2) is 5.16 Å². The van der Waals surface area contributed by atoms with Gasteiger partial charge in [-0.25, -0.2) is 10.4 Å². The molecule has 1 aromatic heterocycles. The van der Waals surface area contributed by atoms with E-state index in [2.05, 4.69) is 47.4 Å². The van der Waals surface area contributed by atoms with E-state index >= 15 is 0 Å². The number of hydrogen-bond donors (Lipinski definition) is 1. The molecular formula is C23H16Br2N4O2S. The highest BCUT2D eigenvalue weighted by Crippen LogP contribution is 2.22. The van der Waals surface area contributed by atoms with Crippen molar-refractivity contribution >= 4 is 66.6 Å². The fourth-order valence-electron chi connectivity index (χ4n) is 2.94. The van der Waals surface area contributed by atoms with Crippen molar-refractivity contribution in [3.63, 3.8) is 0 Å². The monoisotopic (exact) mass is 570 g/mol. The number of hydrogen-bond acceptors (Lipinski definition) is 5. The van der Waals surface area contributed by atoms with Gasteiger partial charge in [-0.1, -0.05) is 74.0 Å². The average Bonchev–Trinajstić information content (AvgIpc) is 2.80. The maximum Gasteiger partial charge on any atom is 0.266 e. The summed E-state index contributed by atoms with van der Waals surface area (Å²) in [4.78, 5) is 30.2. The predicted octanol–water partition coefficient (Wildman–Crippen LogP) is 5.15. The average molecular weight is 572 g/mol. The molecule has 0 bridgehead atoms. The van der Waals surface area contributed by atoms with Crippen LogP contribution in [0.15, 0.2) is 96.8 Å². The molecule has 32 heavy (non-hydrogen) atoms. The van der Waals surface area contributed by atoms with Crippen molar-refractivity contribution in [2.45, 2.75) is 5.16 Å². The molecule has 0 aliphatic rings. The number of thioether (sulfide) groups is 1. The van der Waals surface area contributed by atoms with E-state index in [-0.39, 0.29) is 17.2 Å². The van der Waals surface area contributed by atoms with Gasteiger partial charge in [-0.15, -0.1) is 0 Å². The molecule has 1 N–H and O–H groups in total. The van der Waals surface area contributed by atoms with Gasteiger partial charge in [0.1, 0.15) is 0 Å². The summed E-state index contributed by atoms with van der Waals surface area (Å²) in [6, 6.07) is 22.1. The Morgan fingerprint density at radius 3 is 2.53 bits per heavy atom. The van der Waals surface area contributed by atoms with Crippen LogP contribution >= 0.6 is 43.6 Å². The molecule has 0 saturated carbocycles. The SMILES string of the molecule is O=C(CSc1nc2ccccc2c(=O)n1-c1ccc(Br)cc1)N/N=C\c1ccccc1Br. The van der Waals surface area contributed by atoms with Crippen LogP contribution < -0.4 is 11.0 Å². The summed E-state index contributed by atoms with van der Waals surface area (Å²) in [6.45, 7) is 0. The lowest BCUT2D eigenvalue weighted by Gasteiger charge is -2.13. The molecule has 0 radical (unpaired) electrons. The van der Waals surface area contributed by atoms with Gasteiger partial charge in [-0.2, -0.15) is 5.10 Å². The fourth-order valence-corrected chi connectivity index (χ4v) is 4.40. The van der Waals surface area contributed by atoms with Crippen LogP contribution in [-0.2, 0) is 4.79 Å². The summed E-state index contributed by atoms with van der Waals surface area (Å²) in [5.41, 5.74) is 4.43. The Balaban J connectivity index is 1.57. The number of fused-ring (bicyclic) bond motifs is 1. The number of carbonyl (C=O) groups is 1. The Bertz CT molecular complexity index is 1370. The third-order valence-corrected chi connectivity index (χ3v) is 6.65. The molecule has 0 atom stereocenters. The summed E-state index contributed by atoms with van der Waals surface area (Å²) in [7, 11) is 0. The molecule has 9 heteroatoms. The first-order valence-corrected chi connectivity index (χ1v) is 12.1. The molecule has 0 aliphatic heterocycles. The molecule has 0 saturated heterocycles. The Morgan fingerprint density at radius 1 is 1.03 bits per heavy atom. The number of amides is 1. The molecular weight excluding hydrogens is 556 g/mol. The second kappa shape index (κ2) is 10.2. The highest BCUT2D eigenvalue weighted by molar-refractivity contribution is 9.10. The standard InChI is InChI=1S/C23H16Br2N4O2S/c24-16-9-11-17(12-10-16)29-22(31)18-6-2-4-8-20(18)27-23(29)32-14-21(30)28-26-13-15-5-1-3-7-19(15)25/h1-13H,14H2,(H,28,30)/b26-13-. The third kappa shape index (κ3) is 5.17. The Kier molecular flexibility index (Phi) is 7.19. The zero-order chi connectivity index (χ0) is 22.5. The molecule has 3 aromatic carbocycles. The quantitative estimate of drug-likeness (QED) is 0.150. The van der Waals surface area contributed by atoms with Crippen molar-refractivity contribution in [1.29, 1.82) is 0 Å². The summed E-state index contributed by atoms with van der Waals surface area (Å²) >= 11 is 8.02. The van der Waals surface area contributed by atoms with Crippen LogP contribution in [0.2, 0.25) is 0 Å². The van der Waals surface area contributed by atoms with Crippen LogP contribution in [0.5, 0.6) is 0 Å². The fraction of sp³-hybridized carbons (Fsp3) is 0.0435. The van der Waals surface area contributed by atoms with Gasteiger partial charge in [0.2, 0.25) is 0 Å². The lowest BCUT2D eigenvalue weighted by atomic mass is 10.2. The second-order valence-electron chi connectivity index (χ2n) is 6.63. The lowest BCUT2D eigenvalue weighted by Crippen LogP contribution is -2.24. The summed E-state index contributed by atoms with van der Waals surface area (Å²) < 4.78 is 3.31. The number of halogens is 2. The highest BCUT2D eigenvalue weighted by atomic mass is 79.9.